The molecule has 2 rings (SSSR count). The maximum Gasteiger partial charge on any atom is 0.435 e. The molecule has 1 heterocycles. The summed E-state index contributed by atoms with van der Waals surface area (Å²) < 4.78 is 38.4. The largest absolute Gasteiger partial charge is 0.435 e. The van der Waals surface area contributed by atoms with E-state index in [2.05, 4.69) is 5.10 Å². The van der Waals surface area contributed by atoms with Crippen molar-refractivity contribution in [2.24, 2.45) is 5.73 Å². The Morgan fingerprint density at radius 1 is 1.32 bits per heavy atom. The number of nitrogens with zero attached hydrogens (tertiary/aromatic N) is 2. The maximum absolute atomic E-state index is 12.5. The van der Waals surface area contributed by atoms with E-state index >= 15 is 0 Å². The van der Waals surface area contributed by atoms with Gasteiger partial charge in [-0.05, 0) is 24.3 Å². The van der Waals surface area contributed by atoms with Gasteiger partial charge in [0.25, 0.3) is 0 Å². The summed E-state index contributed by atoms with van der Waals surface area (Å²) in [5.41, 5.74) is 4.83. The number of nitrogen functional groups attached to an aromatic ring is 1. The van der Waals surface area contributed by atoms with Crippen molar-refractivity contribution in [1.29, 1.82) is 5.41 Å². The summed E-state index contributed by atoms with van der Waals surface area (Å²) in [6.07, 6.45) is -3.37. The van der Waals surface area contributed by atoms with Crippen LogP contribution in [0.3, 0.4) is 0 Å². The molecule has 0 radical (unpaired) electrons. The summed E-state index contributed by atoms with van der Waals surface area (Å²) in [6.45, 7) is 0. The number of hydrogen-bond donors (Lipinski definition) is 2. The Morgan fingerprint density at radius 3 is 2.53 bits per heavy atom. The lowest BCUT2D eigenvalue weighted by Crippen LogP contribution is -2.15. The lowest BCUT2D eigenvalue weighted by atomic mass is 10.1. The SMILES string of the molecule is N=C(N)c1cc(Cl)ccc1-n1ccc(C(F)(F)F)n1. The second-order valence-electron chi connectivity index (χ2n) is 3.72. The van der Waals surface area contributed by atoms with Crippen LogP contribution in [-0.4, -0.2) is 15.6 Å². The van der Waals surface area contributed by atoms with Crippen LogP contribution in [-0.2, 0) is 6.18 Å². The van der Waals surface area contributed by atoms with Crippen LogP contribution >= 0.6 is 11.6 Å². The van der Waals surface area contributed by atoms with Crippen molar-refractivity contribution in [1.82, 2.24) is 9.78 Å². The minimum Gasteiger partial charge on any atom is -0.384 e. The molecule has 4 nitrogen and oxygen atoms in total. The van der Waals surface area contributed by atoms with Gasteiger partial charge in [0, 0.05) is 16.8 Å². The van der Waals surface area contributed by atoms with Crippen LogP contribution in [0.5, 0.6) is 0 Å². The van der Waals surface area contributed by atoms with Crippen molar-refractivity contribution in [3.8, 4) is 5.69 Å². The van der Waals surface area contributed by atoms with Crippen molar-refractivity contribution in [2.75, 3.05) is 0 Å². The zero-order chi connectivity index (χ0) is 14.2. The molecular formula is C11H8ClF3N4. The number of nitrogens with one attached hydrogen (secondary N) is 1. The minimum atomic E-state index is -4.52. The minimum absolute atomic E-state index is 0.212. The summed E-state index contributed by atoms with van der Waals surface area (Å²) in [5, 5.41) is 11.2. The average Bonchev–Trinajstić information content (AvgIpc) is 2.77. The Morgan fingerprint density at radius 2 is 2.00 bits per heavy atom. The van der Waals surface area contributed by atoms with Crippen LogP contribution in [0.4, 0.5) is 13.2 Å². The van der Waals surface area contributed by atoms with Crippen LogP contribution in [0.1, 0.15) is 11.3 Å². The Balaban J connectivity index is 2.53. The second-order valence-corrected chi connectivity index (χ2v) is 4.15. The molecule has 0 fully saturated rings. The summed E-state index contributed by atoms with van der Waals surface area (Å²) in [5.74, 6) is -0.304. The van der Waals surface area contributed by atoms with Crippen molar-refractivity contribution >= 4 is 17.4 Å². The van der Waals surface area contributed by atoms with E-state index in [4.69, 9.17) is 22.7 Å². The first-order valence-corrected chi connectivity index (χ1v) is 5.44. The maximum atomic E-state index is 12.5. The van der Waals surface area contributed by atoms with E-state index in [0.717, 1.165) is 16.9 Å². The van der Waals surface area contributed by atoms with Gasteiger partial charge in [-0.15, -0.1) is 0 Å². The predicted molar refractivity (Wildman–Crippen MR) is 64.6 cm³/mol. The highest BCUT2D eigenvalue weighted by atomic mass is 35.5. The first-order valence-electron chi connectivity index (χ1n) is 5.06. The average molecular weight is 289 g/mol. The van der Waals surface area contributed by atoms with Gasteiger partial charge in [-0.3, -0.25) is 5.41 Å². The van der Waals surface area contributed by atoms with E-state index in [0.29, 0.717) is 5.02 Å². The molecule has 2 aromatic rings. The number of benzene rings is 1. The van der Waals surface area contributed by atoms with E-state index in [-0.39, 0.29) is 17.1 Å². The molecule has 19 heavy (non-hydrogen) atoms. The number of halogens is 4. The molecule has 0 aliphatic heterocycles. The number of aromatic nitrogens is 2. The first-order chi connectivity index (χ1) is 8.79. The fourth-order valence-electron chi connectivity index (χ4n) is 1.53. The molecule has 0 amide bonds. The Bertz CT molecular complexity index is 633. The summed E-state index contributed by atoms with van der Waals surface area (Å²) in [6, 6.07) is 5.18. The summed E-state index contributed by atoms with van der Waals surface area (Å²) >= 11 is 5.76. The highest BCUT2D eigenvalue weighted by molar-refractivity contribution is 6.31. The first kappa shape index (κ1) is 13.4. The summed E-state index contributed by atoms with van der Waals surface area (Å²) in [7, 11) is 0. The van der Waals surface area contributed by atoms with Gasteiger partial charge in [-0.25, -0.2) is 4.68 Å². The molecule has 1 aromatic heterocycles. The van der Waals surface area contributed by atoms with E-state index in [9.17, 15) is 13.2 Å². The molecular weight excluding hydrogens is 281 g/mol. The lowest BCUT2D eigenvalue weighted by Gasteiger charge is -2.09. The Labute approximate surface area is 111 Å². The Hall–Kier alpha value is -2.02. The van der Waals surface area contributed by atoms with E-state index in [1.807, 2.05) is 0 Å². The zero-order valence-corrected chi connectivity index (χ0v) is 10.1. The molecule has 0 aliphatic rings. The molecule has 0 saturated heterocycles. The highest BCUT2D eigenvalue weighted by Crippen LogP contribution is 2.28. The highest BCUT2D eigenvalue weighted by Gasteiger charge is 2.33. The van der Waals surface area contributed by atoms with Crippen molar-refractivity contribution in [3.63, 3.8) is 0 Å². The fraction of sp³-hybridized carbons (Fsp3) is 0.0909. The quantitative estimate of drug-likeness (QED) is 0.659. The monoisotopic (exact) mass is 288 g/mol. The van der Waals surface area contributed by atoms with Gasteiger partial charge in [0.05, 0.1) is 5.69 Å². The number of amidine groups is 1. The Kier molecular flexibility index (Phi) is 3.23. The molecule has 8 heteroatoms. The van der Waals surface area contributed by atoms with Crippen molar-refractivity contribution < 1.29 is 13.2 Å². The van der Waals surface area contributed by atoms with Gasteiger partial charge >= 0.3 is 6.18 Å². The zero-order valence-electron chi connectivity index (χ0n) is 9.37. The topological polar surface area (TPSA) is 67.7 Å². The van der Waals surface area contributed by atoms with Gasteiger partial charge in [-0.2, -0.15) is 18.3 Å². The van der Waals surface area contributed by atoms with Gasteiger partial charge in [0.2, 0.25) is 0 Å². The van der Waals surface area contributed by atoms with Gasteiger partial charge < -0.3 is 5.73 Å². The normalized spacial score (nSPS) is 11.6. The molecule has 100 valence electrons. The predicted octanol–water partition coefficient (Wildman–Crippen LogP) is 2.83. The molecule has 3 N–H and O–H groups in total. The van der Waals surface area contributed by atoms with Crippen LogP contribution in [0.2, 0.25) is 5.02 Å². The fourth-order valence-corrected chi connectivity index (χ4v) is 1.71. The number of hydrogen-bond acceptors (Lipinski definition) is 2. The van der Waals surface area contributed by atoms with Crippen LogP contribution in [0.15, 0.2) is 30.5 Å². The van der Waals surface area contributed by atoms with Crippen LogP contribution < -0.4 is 5.73 Å². The third kappa shape index (κ3) is 2.70. The molecule has 0 bridgehead atoms. The third-order valence-corrected chi connectivity index (χ3v) is 2.61. The lowest BCUT2D eigenvalue weighted by molar-refractivity contribution is -0.141. The molecule has 0 unspecified atom stereocenters. The molecule has 1 aromatic carbocycles. The van der Waals surface area contributed by atoms with E-state index in [1.54, 1.807) is 0 Å². The number of nitrogens with two attached hydrogens (primary N) is 1. The number of alkyl halides is 3. The summed E-state index contributed by atoms with van der Waals surface area (Å²) in [4.78, 5) is 0. The van der Waals surface area contributed by atoms with E-state index < -0.39 is 11.9 Å². The van der Waals surface area contributed by atoms with Crippen LogP contribution in [0.25, 0.3) is 5.69 Å². The van der Waals surface area contributed by atoms with Crippen molar-refractivity contribution in [2.45, 2.75) is 6.18 Å². The smallest absolute Gasteiger partial charge is 0.384 e. The third-order valence-electron chi connectivity index (χ3n) is 2.38. The molecule has 0 saturated carbocycles. The van der Waals surface area contributed by atoms with Gasteiger partial charge in [-0.1, -0.05) is 11.6 Å². The standard InChI is InChI=1S/C11H8ClF3N4/c12-6-1-2-8(7(5-6)10(16)17)19-4-3-9(18-19)11(13,14)15/h1-5H,(H3,16,17). The second kappa shape index (κ2) is 4.58. The molecule has 0 spiro atoms. The number of rotatable bonds is 2. The van der Waals surface area contributed by atoms with E-state index in [1.165, 1.54) is 18.2 Å². The molecule has 0 aliphatic carbocycles. The molecule has 0 atom stereocenters. The van der Waals surface area contributed by atoms with Gasteiger partial charge in [0.1, 0.15) is 5.84 Å². The van der Waals surface area contributed by atoms with Crippen LogP contribution in [0, 0.1) is 5.41 Å². The van der Waals surface area contributed by atoms with Gasteiger partial charge in [0.15, 0.2) is 5.69 Å². The van der Waals surface area contributed by atoms with Crippen molar-refractivity contribution in [3.05, 3.63) is 46.7 Å².